The molecule has 0 saturated heterocycles. The molecule has 0 aliphatic heterocycles. The molecule has 41 heavy (non-hydrogen) atoms. The quantitative estimate of drug-likeness (QED) is 0.115. The number of carbonyl (C=O) groups is 2. The number of hydrogen-bond acceptors (Lipinski definition) is 7. The number of carbonyl (C=O) groups excluding carboxylic acids is 2. The summed E-state index contributed by atoms with van der Waals surface area (Å²) >= 11 is 3.36. The average Bonchev–Trinajstić information content (AvgIpc) is 2.97. The molecular weight excluding hydrogens is 590 g/mol. The SMILES string of the molecule is COc1ccc([C@@H](OC(=O)Nc2ccc(Br)cc2)[C@@H](/C=C/C(=O)Nc2ccccc2N)Oc2ccccc2)cc1O. The molecule has 0 aliphatic carbocycles. The summed E-state index contributed by atoms with van der Waals surface area (Å²) < 4.78 is 18.1. The van der Waals surface area contributed by atoms with Crippen molar-refractivity contribution >= 4 is 45.0 Å². The smallest absolute Gasteiger partial charge is 0.412 e. The maximum atomic E-state index is 13.1. The molecule has 4 aromatic rings. The van der Waals surface area contributed by atoms with Crippen LogP contribution in [0.5, 0.6) is 17.2 Å². The van der Waals surface area contributed by atoms with Crippen LogP contribution in [0.25, 0.3) is 0 Å². The first-order valence-corrected chi connectivity index (χ1v) is 13.3. The number of nitrogens with one attached hydrogen (secondary N) is 2. The van der Waals surface area contributed by atoms with Gasteiger partial charge in [-0.25, -0.2) is 4.79 Å². The Labute approximate surface area is 245 Å². The average molecular weight is 618 g/mol. The van der Waals surface area contributed by atoms with Crippen LogP contribution in [-0.2, 0) is 9.53 Å². The molecule has 0 unspecified atom stereocenters. The number of benzene rings is 4. The van der Waals surface area contributed by atoms with E-state index in [-0.39, 0.29) is 11.5 Å². The van der Waals surface area contributed by atoms with Crippen LogP contribution in [0.15, 0.2) is 114 Å². The Hall–Kier alpha value is -4.96. The van der Waals surface area contributed by atoms with Crippen LogP contribution in [-0.4, -0.2) is 30.3 Å². The lowest BCUT2D eigenvalue weighted by atomic mass is 10.0. The first kappa shape index (κ1) is 29.0. The van der Waals surface area contributed by atoms with E-state index < -0.39 is 24.2 Å². The summed E-state index contributed by atoms with van der Waals surface area (Å²) in [5, 5.41) is 15.9. The summed E-state index contributed by atoms with van der Waals surface area (Å²) in [5.41, 5.74) is 7.71. The van der Waals surface area contributed by atoms with Crippen LogP contribution < -0.4 is 25.8 Å². The van der Waals surface area contributed by atoms with Crippen molar-refractivity contribution in [2.24, 2.45) is 0 Å². The molecule has 210 valence electrons. The summed E-state index contributed by atoms with van der Waals surface area (Å²) in [7, 11) is 1.43. The molecule has 9 nitrogen and oxygen atoms in total. The minimum atomic E-state index is -1.10. The largest absolute Gasteiger partial charge is 0.504 e. The van der Waals surface area contributed by atoms with Gasteiger partial charge in [-0.05, 0) is 66.7 Å². The molecule has 0 spiro atoms. The van der Waals surface area contributed by atoms with E-state index in [0.29, 0.717) is 28.4 Å². The molecule has 0 aliphatic rings. The first-order chi connectivity index (χ1) is 19.8. The summed E-state index contributed by atoms with van der Waals surface area (Å²) in [4.78, 5) is 25.9. The van der Waals surface area contributed by atoms with Gasteiger partial charge in [0.25, 0.3) is 0 Å². The number of aromatic hydroxyl groups is 1. The lowest BCUT2D eigenvalue weighted by molar-refractivity contribution is -0.112. The number of phenolic OH excluding ortho intramolecular Hbond substituents is 1. The zero-order valence-electron chi connectivity index (χ0n) is 22.0. The van der Waals surface area contributed by atoms with Gasteiger partial charge in [-0.1, -0.05) is 52.3 Å². The summed E-state index contributed by atoms with van der Waals surface area (Å²) in [6, 6.07) is 27.3. The van der Waals surface area contributed by atoms with Gasteiger partial charge < -0.3 is 30.4 Å². The highest BCUT2D eigenvalue weighted by atomic mass is 79.9. The van der Waals surface area contributed by atoms with Gasteiger partial charge in [0.1, 0.15) is 5.75 Å². The second-order valence-corrected chi connectivity index (χ2v) is 9.64. The molecule has 4 aromatic carbocycles. The first-order valence-electron chi connectivity index (χ1n) is 12.5. The Balaban J connectivity index is 1.67. The monoisotopic (exact) mass is 617 g/mol. The number of methoxy groups -OCH3 is 1. The second-order valence-electron chi connectivity index (χ2n) is 8.72. The molecule has 5 N–H and O–H groups in total. The molecule has 0 bridgehead atoms. The summed E-state index contributed by atoms with van der Waals surface area (Å²) in [5.74, 6) is 0.0732. The number of hydrogen-bond donors (Lipinski definition) is 4. The third-order valence-corrected chi connectivity index (χ3v) is 6.35. The molecule has 10 heteroatoms. The van der Waals surface area contributed by atoms with Crippen molar-refractivity contribution in [2.75, 3.05) is 23.5 Å². The minimum Gasteiger partial charge on any atom is -0.504 e. The van der Waals surface area contributed by atoms with Gasteiger partial charge in [-0.2, -0.15) is 0 Å². The highest BCUT2D eigenvalue weighted by Gasteiger charge is 2.29. The van der Waals surface area contributed by atoms with Crippen LogP contribution in [0.4, 0.5) is 21.9 Å². The number of amides is 2. The minimum absolute atomic E-state index is 0.161. The lowest BCUT2D eigenvalue weighted by Gasteiger charge is -2.26. The Morgan fingerprint density at radius 3 is 2.32 bits per heavy atom. The van der Waals surface area contributed by atoms with Crippen molar-refractivity contribution in [2.45, 2.75) is 12.2 Å². The van der Waals surface area contributed by atoms with E-state index in [2.05, 4.69) is 26.6 Å². The van der Waals surface area contributed by atoms with E-state index in [1.54, 1.807) is 84.9 Å². The highest BCUT2D eigenvalue weighted by molar-refractivity contribution is 9.10. The van der Waals surface area contributed by atoms with E-state index in [9.17, 15) is 14.7 Å². The molecule has 0 aromatic heterocycles. The Kier molecular flexibility index (Phi) is 9.85. The van der Waals surface area contributed by atoms with Crippen molar-refractivity contribution in [1.82, 2.24) is 0 Å². The predicted octanol–water partition coefficient (Wildman–Crippen LogP) is 6.68. The normalized spacial score (nSPS) is 12.2. The molecule has 2 amide bonds. The fourth-order valence-corrected chi connectivity index (χ4v) is 4.09. The lowest BCUT2D eigenvalue weighted by Crippen LogP contribution is -2.30. The Bertz CT molecular complexity index is 1510. The molecule has 0 fully saturated rings. The number of nitrogens with two attached hydrogens (primary N) is 1. The topological polar surface area (TPSA) is 132 Å². The fourth-order valence-electron chi connectivity index (χ4n) is 3.83. The molecule has 0 saturated carbocycles. The van der Waals surface area contributed by atoms with Gasteiger partial charge in [0.2, 0.25) is 5.91 Å². The Morgan fingerprint density at radius 1 is 0.927 bits per heavy atom. The standard InChI is InChI=1S/C31H28BrN3O6/c1-39-27-16-11-20(19-26(27)36)30(41-31(38)34-22-14-12-21(32)13-15-22)28(40-23-7-3-2-4-8-23)17-18-29(37)35-25-10-6-5-9-24(25)33/h2-19,28,30,36H,33H2,1H3,(H,34,38)(H,35,37)/b18-17+/t28-,30-/m1/s1. The number of ether oxygens (including phenoxy) is 3. The van der Waals surface area contributed by atoms with E-state index in [1.165, 1.54) is 25.3 Å². The van der Waals surface area contributed by atoms with Crippen molar-refractivity contribution in [3.8, 4) is 17.2 Å². The van der Waals surface area contributed by atoms with Gasteiger partial charge >= 0.3 is 6.09 Å². The third kappa shape index (κ3) is 8.26. The number of para-hydroxylation sites is 3. The van der Waals surface area contributed by atoms with Crippen molar-refractivity contribution in [1.29, 1.82) is 0 Å². The van der Waals surface area contributed by atoms with Gasteiger partial charge in [-0.15, -0.1) is 0 Å². The fraction of sp³-hybridized carbons (Fsp3) is 0.0968. The Morgan fingerprint density at radius 2 is 1.63 bits per heavy atom. The van der Waals surface area contributed by atoms with Crippen LogP contribution in [0.1, 0.15) is 11.7 Å². The van der Waals surface area contributed by atoms with Crippen molar-refractivity contribution in [3.05, 3.63) is 119 Å². The van der Waals surface area contributed by atoms with Crippen LogP contribution in [0.2, 0.25) is 0 Å². The maximum absolute atomic E-state index is 13.1. The molecule has 2 atom stereocenters. The van der Waals surface area contributed by atoms with Crippen molar-refractivity contribution in [3.63, 3.8) is 0 Å². The molecule has 0 heterocycles. The van der Waals surface area contributed by atoms with E-state index in [4.69, 9.17) is 19.9 Å². The summed E-state index contributed by atoms with van der Waals surface area (Å²) in [6.07, 6.45) is -0.135. The number of rotatable bonds is 10. The van der Waals surface area contributed by atoms with Crippen molar-refractivity contribution < 1.29 is 28.9 Å². The molecular formula is C31H28BrN3O6. The number of phenols is 1. The van der Waals surface area contributed by atoms with Gasteiger partial charge in [0.15, 0.2) is 23.7 Å². The third-order valence-electron chi connectivity index (χ3n) is 5.83. The predicted molar refractivity (Wildman–Crippen MR) is 161 cm³/mol. The van der Waals surface area contributed by atoms with Gasteiger partial charge in [0.05, 0.1) is 18.5 Å². The maximum Gasteiger partial charge on any atom is 0.412 e. The second kappa shape index (κ2) is 13.9. The summed E-state index contributed by atoms with van der Waals surface area (Å²) in [6.45, 7) is 0. The van der Waals surface area contributed by atoms with Crippen LogP contribution >= 0.6 is 15.9 Å². The van der Waals surface area contributed by atoms with Crippen LogP contribution in [0.3, 0.4) is 0 Å². The van der Waals surface area contributed by atoms with Gasteiger partial charge in [0, 0.05) is 21.8 Å². The zero-order valence-corrected chi connectivity index (χ0v) is 23.6. The van der Waals surface area contributed by atoms with E-state index in [1.807, 2.05) is 6.07 Å². The molecule has 4 rings (SSSR count). The number of anilines is 3. The number of halogens is 1. The molecule has 0 radical (unpaired) electrons. The van der Waals surface area contributed by atoms with Gasteiger partial charge in [-0.3, -0.25) is 10.1 Å². The van der Waals surface area contributed by atoms with E-state index in [0.717, 1.165) is 4.47 Å². The van der Waals surface area contributed by atoms with E-state index >= 15 is 0 Å². The zero-order chi connectivity index (χ0) is 29.2. The highest BCUT2D eigenvalue weighted by Crippen LogP contribution is 2.34. The van der Waals surface area contributed by atoms with Crippen LogP contribution in [0, 0.1) is 0 Å². The number of nitrogen functional groups attached to an aromatic ring is 1.